The van der Waals surface area contributed by atoms with Crippen LogP contribution >= 0.6 is 23.1 Å². The van der Waals surface area contributed by atoms with Crippen LogP contribution in [0.2, 0.25) is 0 Å². The highest BCUT2D eigenvalue weighted by Crippen LogP contribution is 2.40. The van der Waals surface area contributed by atoms with Gasteiger partial charge in [0, 0.05) is 17.7 Å². The van der Waals surface area contributed by atoms with Crippen molar-refractivity contribution >= 4 is 50.1 Å². The smallest absolute Gasteiger partial charge is 0.198 e. The van der Waals surface area contributed by atoms with E-state index in [4.69, 9.17) is 9.72 Å². The summed E-state index contributed by atoms with van der Waals surface area (Å²) in [6.07, 6.45) is 3.76. The highest BCUT2D eigenvalue weighted by atomic mass is 32.2. The minimum atomic E-state index is 0.149. The fraction of sp³-hybridized carbons (Fsp3) is 0.182. The zero-order valence-corrected chi connectivity index (χ0v) is 17.8. The SMILES string of the molecule is COc1cc2c(cc1Nc1ncnc3sc(CCc4ccccc4)nc13)SC(=O)C2. The Morgan fingerprint density at radius 2 is 2.00 bits per heavy atom. The minimum Gasteiger partial charge on any atom is -0.495 e. The Labute approximate surface area is 181 Å². The third-order valence-electron chi connectivity index (χ3n) is 4.90. The lowest BCUT2D eigenvalue weighted by Crippen LogP contribution is -1.99. The van der Waals surface area contributed by atoms with E-state index in [2.05, 4.69) is 39.6 Å². The lowest BCUT2D eigenvalue weighted by Gasteiger charge is -2.12. The molecule has 0 amide bonds. The molecule has 0 bridgehead atoms. The standard InChI is InChI=1S/C22H18N4O2S2/c1-28-16-9-14-10-19(27)29-17(14)11-15(16)25-21-20-22(24-12-23-21)30-18(26-20)8-7-13-5-3-2-4-6-13/h2-6,9,11-12H,7-8,10H2,1H3,(H,23,24,25). The molecule has 0 saturated carbocycles. The van der Waals surface area contributed by atoms with Crippen LogP contribution in [-0.2, 0) is 24.1 Å². The normalized spacial score (nSPS) is 12.9. The van der Waals surface area contributed by atoms with Crippen LogP contribution in [0, 0.1) is 0 Å². The highest BCUT2D eigenvalue weighted by Gasteiger charge is 2.23. The molecule has 0 unspecified atom stereocenters. The van der Waals surface area contributed by atoms with Gasteiger partial charge in [-0.3, -0.25) is 4.79 Å². The van der Waals surface area contributed by atoms with Crippen LogP contribution in [0.15, 0.2) is 53.7 Å². The number of thiazole rings is 1. The van der Waals surface area contributed by atoms with Gasteiger partial charge >= 0.3 is 0 Å². The fourth-order valence-corrected chi connectivity index (χ4v) is 5.25. The van der Waals surface area contributed by atoms with Gasteiger partial charge < -0.3 is 10.1 Å². The van der Waals surface area contributed by atoms with E-state index in [9.17, 15) is 4.79 Å². The number of carbonyl (C=O) groups is 1. The van der Waals surface area contributed by atoms with Gasteiger partial charge in [0.2, 0.25) is 0 Å². The maximum Gasteiger partial charge on any atom is 0.198 e. The highest BCUT2D eigenvalue weighted by molar-refractivity contribution is 8.14. The lowest BCUT2D eigenvalue weighted by atomic mass is 10.1. The first kappa shape index (κ1) is 19.0. The van der Waals surface area contributed by atoms with E-state index in [1.54, 1.807) is 24.8 Å². The number of fused-ring (bicyclic) bond motifs is 2. The Morgan fingerprint density at radius 1 is 1.13 bits per heavy atom. The first-order valence-corrected chi connectivity index (χ1v) is 11.2. The van der Waals surface area contributed by atoms with Crippen molar-refractivity contribution in [2.24, 2.45) is 0 Å². The summed E-state index contributed by atoms with van der Waals surface area (Å²) in [7, 11) is 1.62. The third kappa shape index (κ3) is 3.76. The van der Waals surface area contributed by atoms with Crippen molar-refractivity contribution in [1.82, 2.24) is 15.0 Å². The molecule has 30 heavy (non-hydrogen) atoms. The summed E-state index contributed by atoms with van der Waals surface area (Å²) in [5.41, 5.74) is 3.79. The molecule has 1 aliphatic rings. The number of carbonyl (C=O) groups excluding carboxylic acids is 1. The molecule has 2 aromatic carbocycles. The number of nitrogens with zero attached hydrogens (tertiary/aromatic N) is 3. The molecule has 0 aliphatic carbocycles. The van der Waals surface area contributed by atoms with E-state index in [0.29, 0.717) is 18.0 Å². The van der Waals surface area contributed by atoms with Gasteiger partial charge in [0.1, 0.15) is 22.4 Å². The number of aryl methyl sites for hydroxylation is 2. The number of hydrogen-bond acceptors (Lipinski definition) is 8. The summed E-state index contributed by atoms with van der Waals surface area (Å²) >= 11 is 2.86. The number of anilines is 2. The Morgan fingerprint density at radius 3 is 2.83 bits per heavy atom. The van der Waals surface area contributed by atoms with Gasteiger partial charge in [0.15, 0.2) is 10.9 Å². The maximum absolute atomic E-state index is 11.8. The summed E-state index contributed by atoms with van der Waals surface area (Å²) < 4.78 is 5.54. The van der Waals surface area contributed by atoms with Gasteiger partial charge in [0.25, 0.3) is 0 Å². The van der Waals surface area contributed by atoms with Crippen molar-refractivity contribution < 1.29 is 9.53 Å². The van der Waals surface area contributed by atoms with Crippen molar-refractivity contribution in [2.45, 2.75) is 24.2 Å². The molecule has 0 fully saturated rings. The number of rotatable bonds is 6. The van der Waals surface area contributed by atoms with E-state index < -0.39 is 0 Å². The maximum atomic E-state index is 11.8. The number of hydrogen-bond donors (Lipinski definition) is 1. The van der Waals surface area contributed by atoms with Crippen LogP contribution in [-0.4, -0.2) is 27.2 Å². The molecule has 0 atom stereocenters. The number of methoxy groups -OCH3 is 1. The van der Waals surface area contributed by atoms with Crippen molar-refractivity contribution in [2.75, 3.05) is 12.4 Å². The van der Waals surface area contributed by atoms with Gasteiger partial charge in [-0.05, 0) is 29.7 Å². The van der Waals surface area contributed by atoms with E-state index >= 15 is 0 Å². The average molecular weight is 435 g/mol. The van der Waals surface area contributed by atoms with Gasteiger partial charge in [-0.15, -0.1) is 0 Å². The first-order chi connectivity index (χ1) is 14.7. The van der Waals surface area contributed by atoms with Crippen molar-refractivity contribution in [3.63, 3.8) is 0 Å². The van der Waals surface area contributed by atoms with Crippen LogP contribution in [0.4, 0.5) is 11.5 Å². The van der Waals surface area contributed by atoms with Gasteiger partial charge in [-0.2, -0.15) is 0 Å². The Kier molecular flexibility index (Phi) is 5.10. The van der Waals surface area contributed by atoms with E-state index in [1.807, 2.05) is 18.2 Å². The Balaban J connectivity index is 1.43. The molecule has 2 aromatic heterocycles. The third-order valence-corrected chi connectivity index (χ3v) is 6.90. The number of thioether (sulfide) groups is 1. The molecular weight excluding hydrogens is 416 g/mol. The van der Waals surface area contributed by atoms with Crippen LogP contribution < -0.4 is 10.1 Å². The second kappa shape index (κ2) is 8.04. The van der Waals surface area contributed by atoms with E-state index in [-0.39, 0.29) is 5.12 Å². The number of benzene rings is 2. The largest absolute Gasteiger partial charge is 0.495 e. The summed E-state index contributed by atoms with van der Waals surface area (Å²) in [4.78, 5) is 27.2. The Bertz CT molecular complexity index is 1240. The molecule has 5 rings (SSSR count). The minimum absolute atomic E-state index is 0.149. The van der Waals surface area contributed by atoms with Gasteiger partial charge in [-0.1, -0.05) is 53.4 Å². The Hall–Kier alpha value is -2.97. The van der Waals surface area contributed by atoms with E-state index in [0.717, 1.165) is 44.3 Å². The molecule has 0 radical (unpaired) electrons. The summed E-state index contributed by atoms with van der Waals surface area (Å²) in [5, 5.41) is 4.52. The van der Waals surface area contributed by atoms with Crippen LogP contribution in [0.5, 0.6) is 5.75 Å². The number of ether oxygens (including phenoxy) is 1. The summed E-state index contributed by atoms with van der Waals surface area (Å²) in [5.74, 6) is 1.31. The number of aromatic nitrogens is 3. The van der Waals surface area contributed by atoms with Crippen LogP contribution in [0.3, 0.4) is 0 Å². The fourth-order valence-electron chi connectivity index (χ4n) is 3.44. The van der Waals surface area contributed by atoms with Crippen molar-refractivity contribution in [3.8, 4) is 5.75 Å². The van der Waals surface area contributed by atoms with Gasteiger partial charge in [0.05, 0.1) is 17.8 Å². The molecule has 1 N–H and O–H groups in total. The second-order valence-electron chi connectivity index (χ2n) is 6.91. The molecule has 3 heterocycles. The molecular formula is C22H18N4O2S2. The molecule has 6 nitrogen and oxygen atoms in total. The summed E-state index contributed by atoms with van der Waals surface area (Å²) in [6.45, 7) is 0. The number of nitrogens with one attached hydrogen (secondary N) is 1. The zero-order chi connectivity index (χ0) is 20.5. The monoisotopic (exact) mass is 434 g/mol. The average Bonchev–Trinajstić information content (AvgIpc) is 3.34. The molecule has 0 saturated heterocycles. The molecule has 8 heteroatoms. The predicted molar refractivity (Wildman–Crippen MR) is 120 cm³/mol. The van der Waals surface area contributed by atoms with Crippen LogP contribution in [0.25, 0.3) is 10.3 Å². The van der Waals surface area contributed by atoms with Crippen molar-refractivity contribution in [3.05, 3.63) is 64.9 Å². The quantitative estimate of drug-likeness (QED) is 0.467. The van der Waals surface area contributed by atoms with Crippen LogP contribution in [0.1, 0.15) is 16.1 Å². The lowest BCUT2D eigenvalue weighted by molar-refractivity contribution is -0.110. The molecule has 1 aliphatic heterocycles. The molecule has 150 valence electrons. The molecule has 4 aromatic rings. The second-order valence-corrected chi connectivity index (χ2v) is 9.07. The summed E-state index contributed by atoms with van der Waals surface area (Å²) in [6, 6.07) is 14.2. The van der Waals surface area contributed by atoms with E-state index in [1.165, 1.54) is 17.3 Å². The zero-order valence-electron chi connectivity index (χ0n) is 16.2. The first-order valence-electron chi connectivity index (χ1n) is 9.52. The topological polar surface area (TPSA) is 77.0 Å². The molecule has 0 spiro atoms. The van der Waals surface area contributed by atoms with Gasteiger partial charge in [-0.25, -0.2) is 15.0 Å². The van der Waals surface area contributed by atoms with Crippen molar-refractivity contribution in [1.29, 1.82) is 0 Å². The predicted octanol–water partition coefficient (Wildman–Crippen LogP) is 4.80.